The SMILES string of the molecule is C=CCC1(O)COCOC1. The highest BCUT2D eigenvalue weighted by Crippen LogP contribution is 2.15. The van der Waals surface area contributed by atoms with Crippen LogP contribution in [0.1, 0.15) is 6.42 Å². The van der Waals surface area contributed by atoms with Crippen molar-refractivity contribution in [3.05, 3.63) is 12.7 Å². The van der Waals surface area contributed by atoms with Gasteiger partial charge in [0.15, 0.2) is 0 Å². The van der Waals surface area contributed by atoms with Crippen molar-refractivity contribution in [2.45, 2.75) is 12.0 Å². The lowest BCUT2D eigenvalue weighted by Crippen LogP contribution is -2.43. The molecule has 3 nitrogen and oxygen atoms in total. The highest BCUT2D eigenvalue weighted by molar-refractivity contribution is 4.87. The second-order valence-corrected chi connectivity index (χ2v) is 2.53. The zero-order valence-corrected chi connectivity index (χ0v) is 5.88. The van der Waals surface area contributed by atoms with Crippen LogP contribution in [0.25, 0.3) is 0 Å². The van der Waals surface area contributed by atoms with E-state index in [9.17, 15) is 5.11 Å². The molecule has 0 bridgehead atoms. The van der Waals surface area contributed by atoms with Crippen molar-refractivity contribution in [3.63, 3.8) is 0 Å². The number of ether oxygens (including phenoxy) is 2. The Kier molecular flexibility index (Phi) is 2.43. The summed E-state index contributed by atoms with van der Waals surface area (Å²) >= 11 is 0. The molecule has 0 unspecified atom stereocenters. The number of hydrogen-bond donors (Lipinski definition) is 1. The van der Waals surface area contributed by atoms with Crippen LogP contribution in [-0.2, 0) is 9.47 Å². The molecule has 1 heterocycles. The third-order valence-corrected chi connectivity index (χ3v) is 1.43. The van der Waals surface area contributed by atoms with Crippen LogP contribution in [0, 0.1) is 0 Å². The summed E-state index contributed by atoms with van der Waals surface area (Å²) in [6.07, 6.45) is 2.19. The summed E-state index contributed by atoms with van der Waals surface area (Å²) in [5.41, 5.74) is -0.833. The molecule has 1 N–H and O–H groups in total. The number of hydrogen-bond acceptors (Lipinski definition) is 3. The lowest BCUT2D eigenvalue weighted by Gasteiger charge is -2.30. The normalized spacial score (nSPS) is 24.1. The Morgan fingerprint density at radius 1 is 1.50 bits per heavy atom. The first kappa shape index (κ1) is 7.72. The van der Waals surface area contributed by atoms with Crippen LogP contribution in [0.15, 0.2) is 12.7 Å². The van der Waals surface area contributed by atoms with Crippen LogP contribution in [0.4, 0.5) is 0 Å². The summed E-state index contributed by atoms with van der Waals surface area (Å²) in [4.78, 5) is 0. The van der Waals surface area contributed by atoms with Gasteiger partial charge in [-0.2, -0.15) is 0 Å². The maximum Gasteiger partial charge on any atom is 0.147 e. The molecule has 0 radical (unpaired) electrons. The zero-order chi connectivity index (χ0) is 7.45. The topological polar surface area (TPSA) is 38.7 Å². The van der Waals surface area contributed by atoms with E-state index in [4.69, 9.17) is 9.47 Å². The monoisotopic (exact) mass is 144 g/mol. The van der Waals surface area contributed by atoms with Gasteiger partial charge in [0.25, 0.3) is 0 Å². The van der Waals surface area contributed by atoms with Crippen molar-refractivity contribution in [1.82, 2.24) is 0 Å². The van der Waals surface area contributed by atoms with Crippen molar-refractivity contribution in [1.29, 1.82) is 0 Å². The quantitative estimate of drug-likeness (QED) is 0.566. The van der Waals surface area contributed by atoms with Gasteiger partial charge in [-0.3, -0.25) is 0 Å². The minimum atomic E-state index is -0.833. The van der Waals surface area contributed by atoms with Crippen LogP contribution in [0.3, 0.4) is 0 Å². The second kappa shape index (κ2) is 3.14. The van der Waals surface area contributed by atoms with Gasteiger partial charge in [-0.15, -0.1) is 6.58 Å². The van der Waals surface area contributed by atoms with E-state index >= 15 is 0 Å². The summed E-state index contributed by atoms with van der Waals surface area (Å²) in [7, 11) is 0. The van der Waals surface area contributed by atoms with Crippen molar-refractivity contribution in [3.8, 4) is 0 Å². The maximum atomic E-state index is 9.55. The summed E-state index contributed by atoms with van der Waals surface area (Å²) in [5, 5.41) is 9.55. The van der Waals surface area contributed by atoms with Gasteiger partial charge in [-0.1, -0.05) is 6.08 Å². The Morgan fingerprint density at radius 2 is 2.10 bits per heavy atom. The van der Waals surface area contributed by atoms with Crippen LogP contribution in [-0.4, -0.2) is 30.7 Å². The molecule has 0 atom stereocenters. The van der Waals surface area contributed by atoms with E-state index in [-0.39, 0.29) is 0 Å². The molecule has 0 aliphatic carbocycles. The van der Waals surface area contributed by atoms with E-state index in [2.05, 4.69) is 6.58 Å². The molecule has 0 saturated carbocycles. The van der Waals surface area contributed by atoms with Crippen LogP contribution in [0.5, 0.6) is 0 Å². The fraction of sp³-hybridized carbons (Fsp3) is 0.714. The molecule has 1 aliphatic heterocycles. The Hall–Kier alpha value is -0.380. The largest absolute Gasteiger partial charge is 0.385 e. The molecule has 3 heteroatoms. The van der Waals surface area contributed by atoms with E-state index in [1.807, 2.05) is 0 Å². The van der Waals surface area contributed by atoms with Crippen LogP contribution in [0.2, 0.25) is 0 Å². The van der Waals surface area contributed by atoms with E-state index in [1.54, 1.807) is 6.08 Å². The molecule has 1 rings (SSSR count). The van der Waals surface area contributed by atoms with Gasteiger partial charge < -0.3 is 14.6 Å². The van der Waals surface area contributed by atoms with Crippen molar-refractivity contribution >= 4 is 0 Å². The predicted molar refractivity (Wildman–Crippen MR) is 36.5 cm³/mol. The Balaban J connectivity index is 2.39. The highest BCUT2D eigenvalue weighted by atomic mass is 16.7. The third-order valence-electron chi connectivity index (χ3n) is 1.43. The first-order valence-electron chi connectivity index (χ1n) is 3.26. The molecule has 1 aliphatic rings. The predicted octanol–water partition coefficient (Wildman–Crippen LogP) is 0.298. The number of aliphatic hydroxyl groups is 1. The minimum Gasteiger partial charge on any atom is -0.385 e. The smallest absolute Gasteiger partial charge is 0.147 e. The summed E-state index contributed by atoms with van der Waals surface area (Å²) < 4.78 is 9.84. The van der Waals surface area contributed by atoms with Gasteiger partial charge in [0.1, 0.15) is 12.4 Å². The van der Waals surface area contributed by atoms with Crippen molar-refractivity contribution < 1.29 is 14.6 Å². The van der Waals surface area contributed by atoms with Crippen molar-refractivity contribution in [2.24, 2.45) is 0 Å². The van der Waals surface area contributed by atoms with E-state index in [0.29, 0.717) is 26.4 Å². The molecule has 0 aromatic carbocycles. The standard InChI is InChI=1S/C7H12O3/c1-2-3-7(8)4-9-6-10-5-7/h2,8H,1,3-6H2. The summed E-state index contributed by atoms with van der Waals surface area (Å²) in [6, 6.07) is 0. The van der Waals surface area contributed by atoms with Gasteiger partial charge in [0.2, 0.25) is 0 Å². The molecule has 10 heavy (non-hydrogen) atoms. The Labute approximate surface area is 60.3 Å². The molecule has 1 fully saturated rings. The van der Waals surface area contributed by atoms with Crippen LogP contribution >= 0.6 is 0 Å². The molecular formula is C7H12O3. The summed E-state index contributed by atoms with van der Waals surface area (Å²) in [5.74, 6) is 0. The molecule has 0 spiro atoms. The molecule has 0 aromatic heterocycles. The minimum absolute atomic E-state index is 0.291. The van der Waals surface area contributed by atoms with E-state index in [1.165, 1.54) is 0 Å². The van der Waals surface area contributed by atoms with Gasteiger partial charge in [-0.05, 0) is 6.42 Å². The Morgan fingerprint density at radius 3 is 2.60 bits per heavy atom. The average Bonchev–Trinajstić information content (AvgIpc) is 1.89. The molecule has 0 aromatic rings. The fourth-order valence-electron chi connectivity index (χ4n) is 0.950. The third kappa shape index (κ3) is 1.80. The molecule has 1 saturated heterocycles. The van der Waals surface area contributed by atoms with Gasteiger partial charge >= 0.3 is 0 Å². The van der Waals surface area contributed by atoms with E-state index in [0.717, 1.165) is 0 Å². The maximum absolute atomic E-state index is 9.55. The second-order valence-electron chi connectivity index (χ2n) is 2.53. The lowest BCUT2D eigenvalue weighted by atomic mass is 10.0. The molecule has 0 amide bonds. The van der Waals surface area contributed by atoms with Gasteiger partial charge in [0, 0.05) is 0 Å². The van der Waals surface area contributed by atoms with Crippen LogP contribution < -0.4 is 0 Å². The van der Waals surface area contributed by atoms with Gasteiger partial charge in [-0.25, -0.2) is 0 Å². The van der Waals surface area contributed by atoms with Gasteiger partial charge in [0.05, 0.1) is 13.2 Å². The fourth-order valence-corrected chi connectivity index (χ4v) is 0.950. The first-order chi connectivity index (χ1) is 4.77. The first-order valence-corrected chi connectivity index (χ1v) is 3.26. The van der Waals surface area contributed by atoms with E-state index < -0.39 is 5.60 Å². The van der Waals surface area contributed by atoms with Crippen molar-refractivity contribution in [2.75, 3.05) is 20.0 Å². The Bertz CT molecular complexity index is 116. The zero-order valence-electron chi connectivity index (χ0n) is 5.88. The summed E-state index contributed by atoms with van der Waals surface area (Å²) in [6.45, 7) is 4.51. The average molecular weight is 144 g/mol. The molecular weight excluding hydrogens is 132 g/mol. The lowest BCUT2D eigenvalue weighted by molar-refractivity contribution is -0.197. The molecule has 58 valence electrons. The highest BCUT2D eigenvalue weighted by Gasteiger charge is 2.29. The number of rotatable bonds is 2.